The molecular weight excluding hydrogens is 243 g/mol. The van der Waals surface area contributed by atoms with Crippen molar-refractivity contribution in [2.75, 3.05) is 5.32 Å². The van der Waals surface area contributed by atoms with Crippen molar-refractivity contribution in [2.24, 2.45) is 0 Å². The zero-order valence-corrected chi connectivity index (χ0v) is 10.6. The quantitative estimate of drug-likeness (QED) is 0.639. The molecule has 2 unspecified atom stereocenters. The van der Waals surface area contributed by atoms with Gasteiger partial charge < -0.3 is 5.32 Å². The molecule has 2 nitrogen and oxygen atoms in total. The number of rotatable bonds is 2. The van der Waals surface area contributed by atoms with Crippen LogP contribution in [0, 0.1) is 0 Å². The molecule has 1 heterocycles. The summed E-state index contributed by atoms with van der Waals surface area (Å²) >= 11 is 12.4. The average molecular weight is 259 g/mol. The predicted molar refractivity (Wildman–Crippen MR) is 69.4 cm³/mol. The first-order chi connectivity index (χ1) is 7.77. The highest BCUT2D eigenvalue weighted by atomic mass is 35.5. The molecule has 4 heteroatoms. The fourth-order valence-electron chi connectivity index (χ4n) is 2.12. The summed E-state index contributed by atoms with van der Waals surface area (Å²) in [6.07, 6.45) is 9.36. The van der Waals surface area contributed by atoms with Gasteiger partial charge in [0.2, 0.25) is 0 Å². The first-order valence-corrected chi connectivity index (χ1v) is 6.59. The lowest BCUT2D eigenvalue weighted by molar-refractivity contribution is 0.627. The Labute approximate surface area is 106 Å². The molecule has 1 N–H and O–H groups in total. The molecule has 1 saturated carbocycles. The minimum atomic E-state index is 0.201. The van der Waals surface area contributed by atoms with Crippen LogP contribution >= 0.6 is 23.2 Å². The molecule has 0 aromatic carbocycles. The summed E-state index contributed by atoms with van der Waals surface area (Å²) in [5.41, 5.74) is 0.939. The van der Waals surface area contributed by atoms with Gasteiger partial charge in [-0.25, -0.2) is 0 Å². The van der Waals surface area contributed by atoms with Gasteiger partial charge in [0.25, 0.3) is 0 Å². The van der Waals surface area contributed by atoms with E-state index in [2.05, 4.69) is 10.3 Å². The molecule has 1 fully saturated rings. The molecule has 1 aromatic rings. The standard InChI is InChI=1S/C12H16Cl2N2/c13-9-4-2-1-3-5-11(9)16-12-6-7-15-8-10(12)14/h6-9,11H,1-5H2,(H,15,16). The summed E-state index contributed by atoms with van der Waals surface area (Å²) < 4.78 is 0. The Morgan fingerprint density at radius 2 is 2.06 bits per heavy atom. The van der Waals surface area contributed by atoms with Gasteiger partial charge in [-0.2, -0.15) is 0 Å². The maximum absolute atomic E-state index is 6.37. The zero-order chi connectivity index (χ0) is 11.4. The second kappa shape index (κ2) is 5.74. The van der Waals surface area contributed by atoms with Gasteiger partial charge in [0, 0.05) is 18.4 Å². The molecule has 16 heavy (non-hydrogen) atoms. The van der Waals surface area contributed by atoms with Gasteiger partial charge in [-0.05, 0) is 18.9 Å². The third-order valence-corrected chi connectivity index (χ3v) is 3.87. The largest absolute Gasteiger partial charge is 0.380 e. The van der Waals surface area contributed by atoms with Crippen LogP contribution in [0.15, 0.2) is 18.5 Å². The molecular formula is C12H16Cl2N2. The van der Waals surface area contributed by atoms with Crippen molar-refractivity contribution in [1.82, 2.24) is 4.98 Å². The highest BCUT2D eigenvalue weighted by Crippen LogP contribution is 2.27. The Balaban J connectivity index is 2.05. The lowest BCUT2D eigenvalue weighted by atomic mass is 10.1. The molecule has 0 spiro atoms. The van der Waals surface area contributed by atoms with Crippen LogP contribution in [0.3, 0.4) is 0 Å². The summed E-state index contributed by atoms with van der Waals surface area (Å²) in [4.78, 5) is 3.97. The van der Waals surface area contributed by atoms with Crippen molar-refractivity contribution in [3.8, 4) is 0 Å². The molecule has 2 rings (SSSR count). The van der Waals surface area contributed by atoms with Crippen molar-refractivity contribution < 1.29 is 0 Å². The third kappa shape index (κ3) is 3.02. The first-order valence-electron chi connectivity index (χ1n) is 5.77. The fourth-order valence-corrected chi connectivity index (χ4v) is 2.63. The Bertz CT molecular complexity index is 344. The van der Waals surface area contributed by atoms with E-state index in [1.54, 1.807) is 12.4 Å². The first kappa shape index (κ1) is 12.0. The van der Waals surface area contributed by atoms with E-state index in [4.69, 9.17) is 23.2 Å². The van der Waals surface area contributed by atoms with Crippen molar-refractivity contribution >= 4 is 28.9 Å². The second-order valence-corrected chi connectivity index (χ2v) is 5.23. The van der Waals surface area contributed by atoms with Gasteiger partial charge in [-0.1, -0.05) is 30.9 Å². The number of anilines is 1. The Kier molecular flexibility index (Phi) is 4.30. The van der Waals surface area contributed by atoms with Gasteiger partial charge in [-0.15, -0.1) is 11.6 Å². The van der Waals surface area contributed by atoms with Gasteiger partial charge in [0.05, 0.1) is 16.1 Å². The summed E-state index contributed by atoms with van der Waals surface area (Å²) in [6.45, 7) is 0. The van der Waals surface area contributed by atoms with Crippen LogP contribution in [0.5, 0.6) is 0 Å². The van der Waals surface area contributed by atoms with E-state index in [9.17, 15) is 0 Å². The van der Waals surface area contributed by atoms with Crippen molar-refractivity contribution in [2.45, 2.75) is 43.5 Å². The van der Waals surface area contributed by atoms with Crippen molar-refractivity contribution in [3.05, 3.63) is 23.5 Å². The predicted octanol–water partition coefficient (Wildman–Crippen LogP) is 4.09. The lowest BCUT2D eigenvalue weighted by Crippen LogP contribution is -2.28. The van der Waals surface area contributed by atoms with Gasteiger partial charge in [0.15, 0.2) is 0 Å². The maximum Gasteiger partial charge on any atom is 0.0820 e. The molecule has 88 valence electrons. The van der Waals surface area contributed by atoms with Crippen LogP contribution < -0.4 is 5.32 Å². The zero-order valence-electron chi connectivity index (χ0n) is 9.13. The number of hydrogen-bond acceptors (Lipinski definition) is 2. The SMILES string of the molecule is Clc1cnccc1NC1CCCCCC1Cl. The van der Waals surface area contributed by atoms with Crippen LogP contribution in [0.25, 0.3) is 0 Å². The molecule has 1 aliphatic rings. The van der Waals surface area contributed by atoms with Gasteiger partial charge in [-0.3, -0.25) is 4.98 Å². The number of nitrogens with one attached hydrogen (secondary N) is 1. The van der Waals surface area contributed by atoms with Crippen LogP contribution in [-0.4, -0.2) is 16.4 Å². The van der Waals surface area contributed by atoms with E-state index in [-0.39, 0.29) is 5.38 Å². The van der Waals surface area contributed by atoms with E-state index in [0.717, 1.165) is 18.5 Å². The fraction of sp³-hybridized carbons (Fsp3) is 0.583. The molecule has 0 bridgehead atoms. The summed E-state index contributed by atoms with van der Waals surface area (Å²) in [7, 11) is 0. The topological polar surface area (TPSA) is 24.9 Å². The summed E-state index contributed by atoms with van der Waals surface area (Å²) in [6, 6.07) is 2.22. The minimum Gasteiger partial charge on any atom is -0.380 e. The Morgan fingerprint density at radius 1 is 1.25 bits per heavy atom. The monoisotopic (exact) mass is 258 g/mol. The molecule has 0 aliphatic heterocycles. The van der Waals surface area contributed by atoms with E-state index in [1.807, 2.05) is 6.07 Å². The van der Waals surface area contributed by atoms with E-state index >= 15 is 0 Å². The number of aromatic nitrogens is 1. The number of hydrogen-bond donors (Lipinski definition) is 1. The Hall–Kier alpha value is -0.470. The number of pyridine rings is 1. The van der Waals surface area contributed by atoms with Gasteiger partial charge >= 0.3 is 0 Å². The van der Waals surface area contributed by atoms with Crippen LogP contribution in [-0.2, 0) is 0 Å². The second-order valence-electron chi connectivity index (χ2n) is 4.26. The molecule has 1 aliphatic carbocycles. The van der Waals surface area contributed by atoms with Crippen molar-refractivity contribution in [1.29, 1.82) is 0 Å². The highest BCUT2D eigenvalue weighted by Gasteiger charge is 2.21. The van der Waals surface area contributed by atoms with Crippen LogP contribution in [0.1, 0.15) is 32.1 Å². The van der Waals surface area contributed by atoms with E-state index in [0.29, 0.717) is 11.1 Å². The number of nitrogens with zero attached hydrogens (tertiary/aromatic N) is 1. The highest BCUT2D eigenvalue weighted by molar-refractivity contribution is 6.33. The smallest absolute Gasteiger partial charge is 0.0820 e. The Morgan fingerprint density at radius 3 is 2.88 bits per heavy atom. The third-order valence-electron chi connectivity index (χ3n) is 3.04. The lowest BCUT2D eigenvalue weighted by Gasteiger charge is -2.22. The van der Waals surface area contributed by atoms with Crippen LogP contribution in [0.4, 0.5) is 5.69 Å². The van der Waals surface area contributed by atoms with Gasteiger partial charge in [0.1, 0.15) is 0 Å². The van der Waals surface area contributed by atoms with E-state index in [1.165, 1.54) is 19.3 Å². The number of alkyl halides is 1. The molecule has 2 atom stereocenters. The summed E-state index contributed by atoms with van der Waals surface area (Å²) in [5.74, 6) is 0. The number of halogens is 2. The molecule has 0 saturated heterocycles. The van der Waals surface area contributed by atoms with Crippen LogP contribution in [0.2, 0.25) is 5.02 Å². The minimum absolute atomic E-state index is 0.201. The normalized spacial score (nSPS) is 26.1. The molecule has 1 aromatic heterocycles. The van der Waals surface area contributed by atoms with Crippen molar-refractivity contribution in [3.63, 3.8) is 0 Å². The average Bonchev–Trinajstić information content (AvgIpc) is 2.48. The summed E-state index contributed by atoms with van der Waals surface area (Å²) in [5, 5.41) is 4.30. The maximum atomic E-state index is 6.37. The molecule has 0 amide bonds. The molecule has 0 radical (unpaired) electrons. The van der Waals surface area contributed by atoms with E-state index < -0.39 is 0 Å².